The molecule has 0 bridgehead atoms. The maximum absolute atomic E-state index is 13.0. The van der Waals surface area contributed by atoms with Crippen LogP contribution in [0, 0.1) is 18.7 Å². The Kier molecular flexibility index (Phi) is 7.99. The molecule has 0 aromatic heterocycles. The molecule has 0 heterocycles. The molecule has 0 aliphatic heterocycles. The number of urea groups is 1. The molecule has 1 atom stereocenters. The minimum Gasteiger partial charge on any atom is -0.350 e. The van der Waals surface area contributed by atoms with Crippen LogP contribution in [-0.2, 0) is 17.9 Å². The Hall–Kier alpha value is -2.89. The van der Waals surface area contributed by atoms with Crippen molar-refractivity contribution in [3.05, 3.63) is 71.0 Å². The number of rotatable bonds is 8. The lowest BCUT2D eigenvalue weighted by Crippen LogP contribution is -2.50. The molecule has 2 aromatic carbocycles. The van der Waals surface area contributed by atoms with Gasteiger partial charge in [-0.15, -0.1) is 0 Å². The second-order valence-corrected chi connectivity index (χ2v) is 7.34. The number of amides is 3. The molecule has 5 nitrogen and oxygen atoms in total. The molecule has 0 saturated heterocycles. The molecule has 0 radical (unpaired) electrons. The Balaban J connectivity index is 1.87. The highest BCUT2D eigenvalue weighted by molar-refractivity contribution is 5.87. The molecule has 2 rings (SSSR count). The minimum atomic E-state index is -0.640. The van der Waals surface area contributed by atoms with Gasteiger partial charge < -0.3 is 16.0 Å². The van der Waals surface area contributed by atoms with Crippen molar-refractivity contribution < 1.29 is 14.0 Å². The quantitative estimate of drug-likeness (QED) is 0.649. The molecule has 3 amide bonds. The van der Waals surface area contributed by atoms with E-state index >= 15 is 0 Å². The molecular formula is C22H28FN3O2. The van der Waals surface area contributed by atoms with E-state index < -0.39 is 6.04 Å². The SMILES string of the molecule is Cc1ccc(CNC(=O)NC(CC(C)C)C(=O)NCc2ccc(F)cc2)cc1. The molecule has 3 N–H and O–H groups in total. The number of halogens is 1. The summed E-state index contributed by atoms with van der Waals surface area (Å²) in [5.41, 5.74) is 2.94. The highest BCUT2D eigenvalue weighted by Gasteiger charge is 2.21. The Morgan fingerprint density at radius 2 is 1.43 bits per heavy atom. The van der Waals surface area contributed by atoms with Gasteiger partial charge in [-0.1, -0.05) is 55.8 Å². The monoisotopic (exact) mass is 385 g/mol. The third-order valence-corrected chi connectivity index (χ3v) is 4.28. The van der Waals surface area contributed by atoms with Crippen molar-refractivity contribution in [1.29, 1.82) is 0 Å². The minimum absolute atomic E-state index is 0.235. The van der Waals surface area contributed by atoms with E-state index in [1.165, 1.54) is 12.1 Å². The van der Waals surface area contributed by atoms with Crippen LogP contribution in [-0.4, -0.2) is 18.0 Å². The first kappa shape index (κ1) is 21.4. The zero-order chi connectivity index (χ0) is 20.5. The number of carbonyl (C=O) groups excluding carboxylic acids is 2. The molecule has 0 aliphatic rings. The molecule has 0 saturated carbocycles. The van der Waals surface area contributed by atoms with Gasteiger partial charge in [0.2, 0.25) is 5.91 Å². The van der Waals surface area contributed by atoms with Crippen LogP contribution in [0.4, 0.5) is 9.18 Å². The number of hydrogen-bond donors (Lipinski definition) is 3. The third-order valence-electron chi connectivity index (χ3n) is 4.28. The fraction of sp³-hybridized carbons (Fsp3) is 0.364. The summed E-state index contributed by atoms with van der Waals surface area (Å²) in [4.78, 5) is 24.8. The predicted octanol–water partition coefficient (Wildman–Crippen LogP) is 3.66. The van der Waals surface area contributed by atoms with Crippen LogP contribution in [0.1, 0.15) is 37.0 Å². The summed E-state index contributed by atoms with van der Waals surface area (Å²) < 4.78 is 13.0. The molecule has 1 unspecified atom stereocenters. The van der Waals surface area contributed by atoms with Crippen LogP contribution < -0.4 is 16.0 Å². The molecule has 150 valence electrons. The zero-order valence-corrected chi connectivity index (χ0v) is 16.6. The van der Waals surface area contributed by atoms with Crippen LogP contribution in [0.2, 0.25) is 0 Å². The fourth-order valence-electron chi connectivity index (χ4n) is 2.72. The van der Waals surface area contributed by atoms with Gasteiger partial charge in [0, 0.05) is 13.1 Å². The molecule has 0 aliphatic carbocycles. The number of hydrogen-bond acceptors (Lipinski definition) is 2. The van der Waals surface area contributed by atoms with Crippen LogP contribution in [0.25, 0.3) is 0 Å². The third kappa shape index (κ3) is 7.39. The standard InChI is InChI=1S/C22H28FN3O2/c1-15(2)12-20(21(27)24-13-18-8-10-19(23)11-9-18)26-22(28)25-14-17-6-4-16(3)5-7-17/h4-11,15,20H,12-14H2,1-3H3,(H,24,27)(H2,25,26,28). The van der Waals surface area contributed by atoms with Gasteiger partial charge in [0.1, 0.15) is 11.9 Å². The largest absolute Gasteiger partial charge is 0.350 e. The fourth-order valence-corrected chi connectivity index (χ4v) is 2.72. The summed E-state index contributed by atoms with van der Waals surface area (Å²) in [7, 11) is 0. The zero-order valence-electron chi connectivity index (χ0n) is 16.6. The first-order valence-corrected chi connectivity index (χ1v) is 9.45. The summed E-state index contributed by atoms with van der Waals surface area (Å²) >= 11 is 0. The van der Waals surface area contributed by atoms with E-state index in [2.05, 4.69) is 16.0 Å². The number of carbonyl (C=O) groups is 2. The Bertz CT molecular complexity index is 773. The normalized spacial score (nSPS) is 11.8. The van der Waals surface area contributed by atoms with Crippen molar-refractivity contribution in [1.82, 2.24) is 16.0 Å². The van der Waals surface area contributed by atoms with E-state index in [9.17, 15) is 14.0 Å². The summed E-state index contributed by atoms with van der Waals surface area (Å²) in [6.45, 7) is 6.65. The van der Waals surface area contributed by atoms with Gasteiger partial charge in [0.15, 0.2) is 0 Å². The Morgan fingerprint density at radius 1 is 0.893 bits per heavy atom. The van der Waals surface area contributed by atoms with Crippen LogP contribution in [0.3, 0.4) is 0 Å². The van der Waals surface area contributed by atoms with E-state index in [1.807, 2.05) is 45.0 Å². The lowest BCUT2D eigenvalue weighted by Gasteiger charge is -2.20. The highest BCUT2D eigenvalue weighted by atomic mass is 19.1. The van der Waals surface area contributed by atoms with Crippen molar-refractivity contribution >= 4 is 11.9 Å². The molecule has 28 heavy (non-hydrogen) atoms. The first-order chi connectivity index (χ1) is 13.3. The second kappa shape index (κ2) is 10.4. The number of aryl methyl sites for hydroxylation is 1. The summed E-state index contributed by atoms with van der Waals surface area (Å²) in [6, 6.07) is 12.8. The number of nitrogens with one attached hydrogen (secondary N) is 3. The van der Waals surface area contributed by atoms with Crippen molar-refractivity contribution in [2.24, 2.45) is 5.92 Å². The van der Waals surface area contributed by atoms with Crippen LogP contribution in [0.15, 0.2) is 48.5 Å². The van der Waals surface area contributed by atoms with Crippen LogP contribution >= 0.6 is 0 Å². The van der Waals surface area contributed by atoms with E-state index in [-0.39, 0.29) is 30.2 Å². The van der Waals surface area contributed by atoms with Crippen molar-refractivity contribution in [3.63, 3.8) is 0 Å². The van der Waals surface area contributed by atoms with Gasteiger partial charge in [-0.3, -0.25) is 4.79 Å². The van der Waals surface area contributed by atoms with Gasteiger partial charge in [0.05, 0.1) is 0 Å². The first-order valence-electron chi connectivity index (χ1n) is 9.45. The van der Waals surface area contributed by atoms with E-state index in [4.69, 9.17) is 0 Å². The summed E-state index contributed by atoms with van der Waals surface area (Å²) in [5, 5.41) is 8.34. The van der Waals surface area contributed by atoms with Crippen molar-refractivity contribution in [2.75, 3.05) is 0 Å². The maximum atomic E-state index is 13.0. The summed E-state index contributed by atoms with van der Waals surface area (Å²) in [6.07, 6.45) is 0.521. The van der Waals surface area contributed by atoms with Crippen molar-refractivity contribution in [2.45, 2.75) is 46.3 Å². The average Bonchev–Trinajstić information content (AvgIpc) is 2.66. The molecule has 6 heteroatoms. The van der Waals surface area contributed by atoms with Gasteiger partial charge in [-0.2, -0.15) is 0 Å². The van der Waals surface area contributed by atoms with E-state index in [0.29, 0.717) is 13.0 Å². The second-order valence-electron chi connectivity index (χ2n) is 7.34. The lowest BCUT2D eigenvalue weighted by atomic mass is 10.0. The van der Waals surface area contributed by atoms with Gasteiger partial charge >= 0.3 is 6.03 Å². The predicted molar refractivity (Wildman–Crippen MR) is 108 cm³/mol. The summed E-state index contributed by atoms with van der Waals surface area (Å²) in [5.74, 6) is -0.345. The number of benzene rings is 2. The Labute approximate surface area is 165 Å². The molecular weight excluding hydrogens is 357 g/mol. The van der Waals surface area contributed by atoms with E-state index in [0.717, 1.165) is 16.7 Å². The smallest absolute Gasteiger partial charge is 0.315 e. The van der Waals surface area contributed by atoms with Crippen LogP contribution in [0.5, 0.6) is 0 Å². The molecule has 0 spiro atoms. The van der Waals surface area contributed by atoms with Gasteiger partial charge in [-0.05, 0) is 42.5 Å². The topological polar surface area (TPSA) is 70.2 Å². The average molecular weight is 385 g/mol. The van der Waals surface area contributed by atoms with Gasteiger partial charge in [-0.25, -0.2) is 9.18 Å². The molecule has 2 aromatic rings. The van der Waals surface area contributed by atoms with Crippen molar-refractivity contribution in [3.8, 4) is 0 Å². The highest BCUT2D eigenvalue weighted by Crippen LogP contribution is 2.07. The molecule has 0 fully saturated rings. The lowest BCUT2D eigenvalue weighted by molar-refractivity contribution is -0.123. The van der Waals surface area contributed by atoms with Gasteiger partial charge in [0.25, 0.3) is 0 Å². The maximum Gasteiger partial charge on any atom is 0.315 e. The Morgan fingerprint density at radius 3 is 2.00 bits per heavy atom. The van der Waals surface area contributed by atoms with E-state index in [1.54, 1.807) is 12.1 Å².